The Balaban J connectivity index is 2.56. The summed E-state index contributed by atoms with van der Waals surface area (Å²) in [4.78, 5) is 11.5. The van der Waals surface area contributed by atoms with Gasteiger partial charge in [-0.25, -0.2) is 0 Å². The van der Waals surface area contributed by atoms with Crippen LogP contribution in [0.5, 0.6) is 0 Å². The van der Waals surface area contributed by atoms with Crippen molar-refractivity contribution in [2.45, 2.75) is 26.1 Å². The highest BCUT2D eigenvalue weighted by molar-refractivity contribution is 9.10. The average Bonchev–Trinajstić information content (AvgIpc) is 2.29. The second-order valence-electron chi connectivity index (χ2n) is 4.16. The van der Waals surface area contributed by atoms with Gasteiger partial charge in [-0.1, -0.05) is 22.0 Å². The molecule has 1 atom stereocenters. The highest BCUT2D eigenvalue weighted by Crippen LogP contribution is 2.21. The largest absolute Gasteiger partial charge is 0.405 e. The highest BCUT2D eigenvalue weighted by Gasteiger charge is 2.28. The fourth-order valence-corrected chi connectivity index (χ4v) is 1.72. The van der Waals surface area contributed by atoms with Gasteiger partial charge in [0.05, 0.1) is 0 Å². The summed E-state index contributed by atoms with van der Waals surface area (Å²) < 4.78 is 36.7. The second-order valence-corrected chi connectivity index (χ2v) is 5.02. The molecule has 0 radical (unpaired) electrons. The Bertz CT molecular complexity index is 463. The van der Waals surface area contributed by atoms with Gasteiger partial charge in [0.15, 0.2) is 0 Å². The van der Waals surface area contributed by atoms with Crippen LogP contribution in [-0.4, -0.2) is 24.7 Å². The van der Waals surface area contributed by atoms with Crippen molar-refractivity contribution in [1.29, 1.82) is 0 Å². The highest BCUT2D eigenvalue weighted by atomic mass is 79.9. The molecule has 0 bridgehead atoms. The molecule has 0 aliphatic rings. The van der Waals surface area contributed by atoms with Gasteiger partial charge in [0.1, 0.15) is 12.6 Å². The van der Waals surface area contributed by atoms with Crippen LogP contribution in [0.25, 0.3) is 0 Å². The van der Waals surface area contributed by atoms with Crippen molar-refractivity contribution >= 4 is 27.5 Å². The van der Waals surface area contributed by atoms with Gasteiger partial charge in [-0.15, -0.1) is 0 Å². The summed E-state index contributed by atoms with van der Waals surface area (Å²) in [5, 5.41) is 4.67. The molecular weight excluding hydrogens is 325 g/mol. The van der Waals surface area contributed by atoms with E-state index in [1.165, 1.54) is 6.92 Å². The van der Waals surface area contributed by atoms with Gasteiger partial charge < -0.3 is 10.6 Å². The summed E-state index contributed by atoms with van der Waals surface area (Å²) in [6, 6.07) is 4.61. The molecule has 1 unspecified atom stereocenters. The standard InChI is InChI=1S/C12H14BrF3N2O/c1-7-3-4-9(5-10(7)13)18-8(2)11(19)17-6-12(14,15)16/h3-5,8,18H,6H2,1-2H3,(H,17,19). The van der Waals surface area contributed by atoms with Gasteiger partial charge >= 0.3 is 6.18 Å². The number of aryl methyl sites for hydroxylation is 1. The lowest BCUT2D eigenvalue weighted by atomic mass is 10.2. The zero-order chi connectivity index (χ0) is 14.6. The first-order valence-electron chi connectivity index (χ1n) is 5.56. The molecule has 2 N–H and O–H groups in total. The lowest BCUT2D eigenvalue weighted by Gasteiger charge is -2.16. The summed E-state index contributed by atoms with van der Waals surface area (Å²) in [5.41, 5.74) is 1.69. The molecule has 1 rings (SSSR count). The predicted octanol–water partition coefficient (Wildman–Crippen LogP) is 3.24. The van der Waals surface area contributed by atoms with E-state index in [4.69, 9.17) is 0 Å². The Morgan fingerprint density at radius 2 is 2.05 bits per heavy atom. The molecule has 19 heavy (non-hydrogen) atoms. The molecule has 1 amide bonds. The topological polar surface area (TPSA) is 41.1 Å². The third kappa shape index (κ3) is 5.50. The number of nitrogens with one attached hydrogen (secondary N) is 2. The number of benzene rings is 1. The molecule has 0 spiro atoms. The van der Waals surface area contributed by atoms with Gasteiger partial charge in [0, 0.05) is 10.2 Å². The Morgan fingerprint density at radius 1 is 1.42 bits per heavy atom. The van der Waals surface area contributed by atoms with E-state index in [1.54, 1.807) is 12.1 Å². The van der Waals surface area contributed by atoms with E-state index in [1.807, 2.05) is 18.3 Å². The zero-order valence-electron chi connectivity index (χ0n) is 10.4. The van der Waals surface area contributed by atoms with Gasteiger partial charge in [-0.2, -0.15) is 13.2 Å². The second kappa shape index (κ2) is 6.27. The number of rotatable bonds is 4. The van der Waals surface area contributed by atoms with Crippen LogP contribution in [-0.2, 0) is 4.79 Å². The summed E-state index contributed by atoms with van der Waals surface area (Å²) in [6.07, 6.45) is -4.40. The first-order chi connectivity index (χ1) is 8.69. The van der Waals surface area contributed by atoms with E-state index in [0.717, 1.165) is 10.0 Å². The number of anilines is 1. The van der Waals surface area contributed by atoms with E-state index >= 15 is 0 Å². The summed E-state index contributed by atoms with van der Waals surface area (Å²) in [5.74, 6) is -0.700. The molecule has 0 saturated carbocycles. The maximum absolute atomic E-state index is 12.0. The van der Waals surface area contributed by atoms with E-state index in [0.29, 0.717) is 5.69 Å². The van der Waals surface area contributed by atoms with Crippen molar-refractivity contribution in [3.63, 3.8) is 0 Å². The number of carbonyl (C=O) groups excluding carboxylic acids is 1. The lowest BCUT2D eigenvalue weighted by Crippen LogP contribution is -2.42. The van der Waals surface area contributed by atoms with Crippen LogP contribution in [0.3, 0.4) is 0 Å². The van der Waals surface area contributed by atoms with Crippen LogP contribution in [0.15, 0.2) is 22.7 Å². The molecule has 0 heterocycles. The third-order valence-electron chi connectivity index (χ3n) is 2.41. The molecule has 0 aliphatic heterocycles. The van der Waals surface area contributed by atoms with Crippen molar-refractivity contribution in [3.05, 3.63) is 28.2 Å². The minimum Gasteiger partial charge on any atom is -0.374 e. The minimum absolute atomic E-state index is 0.659. The van der Waals surface area contributed by atoms with Crippen LogP contribution >= 0.6 is 15.9 Å². The van der Waals surface area contributed by atoms with Crippen molar-refractivity contribution in [2.75, 3.05) is 11.9 Å². The molecular formula is C12H14BrF3N2O. The van der Waals surface area contributed by atoms with E-state index in [2.05, 4.69) is 21.2 Å². The Morgan fingerprint density at radius 3 is 2.58 bits per heavy atom. The minimum atomic E-state index is -4.40. The van der Waals surface area contributed by atoms with Crippen LogP contribution < -0.4 is 10.6 Å². The number of amides is 1. The fourth-order valence-electron chi connectivity index (χ4n) is 1.34. The smallest absolute Gasteiger partial charge is 0.374 e. The van der Waals surface area contributed by atoms with Crippen molar-refractivity contribution < 1.29 is 18.0 Å². The number of hydrogen-bond acceptors (Lipinski definition) is 2. The lowest BCUT2D eigenvalue weighted by molar-refractivity contribution is -0.138. The monoisotopic (exact) mass is 338 g/mol. The van der Waals surface area contributed by atoms with Crippen molar-refractivity contribution in [2.24, 2.45) is 0 Å². The first kappa shape index (κ1) is 15.8. The van der Waals surface area contributed by atoms with Gasteiger partial charge in [-0.3, -0.25) is 4.79 Å². The van der Waals surface area contributed by atoms with E-state index in [-0.39, 0.29) is 0 Å². The van der Waals surface area contributed by atoms with Crippen molar-refractivity contribution in [1.82, 2.24) is 5.32 Å². The molecule has 1 aromatic rings. The maximum Gasteiger partial charge on any atom is 0.405 e. The Kier molecular flexibility index (Phi) is 5.22. The first-order valence-corrected chi connectivity index (χ1v) is 6.35. The third-order valence-corrected chi connectivity index (χ3v) is 3.27. The molecule has 0 fully saturated rings. The predicted molar refractivity (Wildman–Crippen MR) is 71.0 cm³/mol. The van der Waals surface area contributed by atoms with Gasteiger partial charge in [0.25, 0.3) is 0 Å². The quantitative estimate of drug-likeness (QED) is 0.884. The summed E-state index contributed by atoms with van der Waals surface area (Å²) in [7, 11) is 0. The normalized spacial score (nSPS) is 12.9. The Hall–Kier alpha value is -1.24. The molecule has 0 aliphatic carbocycles. The van der Waals surface area contributed by atoms with Crippen molar-refractivity contribution in [3.8, 4) is 0 Å². The van der Waals surface area contributed by atoms with Crippen LogP contribution in [0.2, 0.25) is 0 Å². The van der Waals surface area contributed by atoms with Crippen LogP contribution in [0.1, 0.15) is 12.5 Å². The van der Waals surface area contributed by atoms with Crippen LogP contribution in [0, 0.1) is 6.92 Å². The average molecular weight is 339 g/mol. The molecule has 1 aromatic carbocycles. The molecule has 0 aromatic heterocycles. The fraction of sp³-hybridized carbons (Fsp3) is 0.417. The van der Waals surface area contributed by atoms with Gasteiger partial charge in [0.2, 0.25) is 5.91 Å². The maximum atomic E-state index is 12.0. The SMILES string of the molecule is Cc1ccc(NC(C)C(=O)NCC(F)(F)F)cc1Br. The van der Waals surface area contributed by atoms with Gasteiger partial charge in [-0.05, 0) is 31.5 Å². The van der Waals surface area contributed by atoms with Crippen LogP contribution in [0.4, 0.5) is 18.9 Å². The number of halogens is 4. The number of carbonyl (C=O) groups is 1. The zero-order valence-corrected chi connectivity index (χ0v) is 12.0. The molecule has 0 saturated heterocycles. The Labute approximate surface area is 117 Å². The van der Waals surface area contributed by atoms with E-state index in [9.17, 15) is 18.0 Å². The number of hydrogen-bond donors (Lipinski definition) is 2. The summed E-state index contributed by atoms with van der Waals surface area (Å²) >= 11 is 3.34. The molecule has 7 heteroatoms. The van der Waals surface area contributed by atoms with E-state index < -0.39 is 24.7 Å². The summed E-state index contributed by atoms with van der Waals surface area (Å²) in [6.45, 7) is 2.09. The molecule has 3 nitrogen and oxygen atoms in total. The molecule has 106 valence electrons. The number of alkyl halides is 3.